The second kappa shape index (κ2) is 6.53. The van der Waals surface area contributed by atoms with Gasteiger partial charge in [-0.15, -0.1) is 0 Å². The number of ether oxygens (including phenoxy) is 1. The number of allylic oxidation sites excluding steroid dienone is 1. The second-order valence-corrected chi connectivity index (χ2v) is 4.30. The fourth-order valence-corrected chi connectivity index (χ4v) is 1.77. The number of likely N-dealkylation sites (N-methyl/N-ethyl adjacent to an activating group) is 1. The standard InChI is InChI=1S/C12H22N2O2/c1-11(5-4-10-16-12(2)15)14-8-6-13(3)7-9-14/h1,4-10H2,2-3H3. The zero-order chi connectivity index (χ0) is 12.0. The predicted molar refractivity (Wildman–Crippen MR) is 64.1 cm³/mol. The molecule has 0 aromatic carbocycles. The van der Waals surface area contributed by atoms with Gasteiger partial charge in [0.25, 0.3) is 0 Å². The number of hydrogen-bond acceptors (Lipinski definition) is 4. The molecule has 0 bridgehead atoms. The van der Waals surface area contributed by atoms with Crippen molar-refractivity contribution in [2.45, 2.75) is 19.8 Å². The molecule has 0 aromatic rings. The van der Waals surface area contributed by atoms with E-state index in [0.29, 0.717) is 6.61 Å². The first-order valence-electron chi connectivity index (χ1n) is 5.84. The molecule has 4 nitrogen and oxygen atoms in total. The third-order valence-corrected chi connectivity index (χ3v) is 2.87. The van der Waals surface area contributed by atoms with Crippen molar-refractivity contribution in [1.82, 2.24) is 9.80 Å². The summed E-state index contributed by atoms with van der Waals surface area (Å²) in [6.07, 6.45) is 1.78. The average molecular weight is 226 g/mol. The lowest BCUT2D eigenvalue weighted by molar-refractivity contribution is -0.141. The van der Waals surface area contributed by atoms with E-state index in [1.807, 2.05) is 0 Å². The summed E-state index contributed by atoms with van der Waals surface area (Å²) in [5, 5.41) is 0. The Hall–Kier alpha value is -1.03. The highest BCUT2D eigenvalue weighted by atomic mass is 16.5. The minimum absolute atomic E-state index is 0.204. The number of hydrogen-bond donors (Lipinski definition) is 0. The molecule has 92 valence electrons. The van der Waals surface area contributed by atoms with Crippen LogP contribution in [0.15, 0.2) is 12.3 Å². The lowest BCUT2D eigenvalue weighted by Crippen LogP contribution is -2.43. The molecule has 0 radical (unpaired) electrons. The van der Waals surface area contributed by atoms with Gasteiger partial charge in [-0.3, -0.25) is 4.79 Å². The highest BCUT2D eigenvalue weighted by molar-refractivity contribution is 5.65. The molecule has 0 unspecified atom stereocenters. The van der Waals surface area contributed by atoms with Gasteiger partial charge in [-0.1, -0.05) is 6.58 Å². The van der Waals surface area contributed by atoms with Crippen molar-refractivity contribution >= 4 is 5.97 Å². The van der Waals surface area contributed by atoms with Gasteiger partial charge in [-0.05, 0) is 19.9 Å². The third-order valence-electron chi connectivity index (χ3n) is 2.87. The Kier molecular flexibility index (Phi) is 5.32. The Balaban J connectivity index is 2.12. The lowest BCUT2D eigenvalue weighted by atomic mass is 10.2. The molecule has 1 saturated heterocycles. The van der Waals surface area contributed by atoms with Gasteiger partial charge in [0.15, 0.2) is 0 Å². The summed E-state index contributed by atoms with van der Waals surface area (Å²) >= 11 is 0. The SMILES string of the molecule is C=C(CCCOC(C)=O)N1CCN(C)CC1. The molecule has 1 fully saturated rings. The summed E-state index contributed by atoms with van der Waals surface area (Å²) in [5.41, 5.74) is 1.17. The number of rotatable bonds is 5. The maximum absolute atomic E-state index is 10.6. The van der Waals surface area contributed by atoms with Crippen LogP contribution in [0.4, 0.5) is 0 Å². The van der Waals surface area contributed by atoms with Crippen LogP contribution in [0.3, 0.4) is 0 Å². The highest BCUT2D eigenvalue weighted by Gasteiger charge is 2.14. The van der Waals surface area contributed by atoms with E-state index in [4.69, 9.17) is 4.74 Å². The molecule has 1 aliphatic heterocycles. The first-order valence-corrected chi connectivity index (χ1v) is 5.84. The van der Waals surface area contributed by atoms with Gasteiger partial charge in [-0.25, -0.2) is 0 Å². The van der Waals surface area contributed by atoms with E-state index in [-0.39, 0.29) is 5.97 Å². The van der Waals surface area contributed by atoms with Crippen LogP contribution in [-0.2, 0) is 9.53 Å². The van der Waals surface area contributed by atoms with Crippen LogP contribution in [0.25, 0.3) is 0 Å². The molecule has 0 saturated carbocycles. The first-order chi connectivity index (χ1) is 7.59. The van der Waals surface area contributed by atoms with E-state index in [1.54, 1.807) is 0 Å². The van der Waals surface area contributed by atoms with E-state index in [9.17, 15) is 4.79 Å². The smallest absolute Gasteiger partial charge is 0.302 e. The molecule has 1 rings (SSSR count). The largest absolute Gasteiger partial charge is 0.466 e. The summed E-state index contributed by atoms with van der Waals surface area (Å²) in [6.45, 7) is 10.3. The summed E-state index contributed by atoms with van der Waals surface area (Å²) in [4.78, 5) is 15.2. The van der Waals surface area contributed by atoms with Crippen LogP contribution in [0, 0.1) is 0 Å². The maximum Gasteiger partial charge on any atom is 0.302 e. The molecule has 0 atom stereocenters. The molecule has 16 heavy (non-hydrogen) atoms. The number of carbonyl (C=O) groups is 1. The van der Waals surface area contributed by atoms with E-state index in [1.165, 1.54) is 12.6 Å². The minimum Gasteiger partial charge on any atom is -0.466 e. The zero-order valence-corrected chi connectivity index (χ0v) is 10.4. The molecule has 0 N–H and O–H groups in total. The summed E-state index contributed by atoms with van der Waals surface area (Å²) in [7, 11) is 2.14. The van der Waals surface area contributed by atoms with Gasteiger partial charge in [0.1, 0.15) is 0 Å². The summed E-state index contributed by atoms with van der Waals surface area (Å²) in [5.74, 6) is -0.204. The molecule has 0 aromatic heterocycles. The fraction of sp³-hybridized carbons (Fsp3) is 0.750. The van der Waals surface area contributed by atoms with Crippen LogP contribution in [0.5, 0.6) is 0 Å². The van der Waals surface area contributed by atoms with Crippen molar-refractivity contribution in [1.29, 1.82) is 0 Å². The van der Waals surface area contributed by atoms with E-state index >= 15 is 0 Å². The molecular formula is C12H22N2O2. The van der Waals surface area contributed by atoms with Crippen molar-refractivity contribution in [3.05, 3.63) is 12.3 Å². The van der Waals surface area contributed by atoms with E-state index in [2.05, 4.69) is 23.4 Å². The average Bonchev–Trinajstić information content (AvgIpc) is 2.25. The summed E-state index contributed by atoms with van der Waals surface area (Å²) < 4.78 is 4.89. The first kappa shape index (κ1) is 13.0. The van der Waals surface area contributed by atoms with Crippen molar-refractivity contribution in [3.8, 4) is 0 Å². The van der Waals surface area contributed by atoms with Gasteiger partial charge >= 0.3 is 5.97 Å². The Morgan fingerprint density at radius 1 is 1.31 bits per heavy atom. The minimum atomic E-state index is -0.204. The van der Waals surface area contributed by atoms with Gasteiger partial charge in [0.05, 0.1) is 6.61 Å². The van der Waals surface area contributed by atoms with Gasteiger partial charge in [-0.2, -0.15) is 0 Å². The van der Waals surface area contributed by atoms with Crippen LogP contribution in [0.1, 0.15) is 19.8 Å². The monoisotopic (exact) mass is 226 g/mol. The van der Waals surface area contributed by atoms with Crippen molar-refractivity contribution in [2.75, 3.05) is 39.8 Å². The maximum atomic E-state index is 10.6. The van der Waals surface area contributed by atoms with E-state index in [0.717, 1.165) is 39.0 Å². The normalized spacial score (nSPS) is 17.2. The molecule has 1 aliphatic rings. The van der Waals surface area contributed by atoms with Gasteiger partial charge < -0.3 is 14.5 Å². The number of esters is 1. The topological polar surface area (TPSA) is 32.8 Å². The Morgan fingerprint density at radius 3 is 2.50 bits per heavy atom. The van der Waals surface area contributed by atoms with Crippen LogP contribution < -0.4 is 0 Å². The quantitative estimate of drug-likeness (QED) is 0.519. The van der Waals surface area contributed by atoms with Crippen LogP contribution in [0.2, 0.25) is 0 Å². The molecule has 0 spiro atoms. The Bertz CT molecular complexity index is 245. The zero-order valence-electron chi connectivity index (χ0n) is 10.4. The molecule has 0 aliphatic carbocycles. The second-order valence-electron chi connectivity index (χ2n) is 4.30. The van der Waals surface area contributed by atoms with Crippen molar-refractivity contribution in [3.63, 3.8) is 0 Å². The highest BCUT2D eigenvalue weighted by Crippen LogP contribution is 2.12. The molecule has 4 heteroatoms. The predicted octanol–water partition coefficient (Wildman–Crippen LogP) is 1.09. The van der Waals surface area contributed by atoms with Crippen molar-refractivity contribution < 1.29 is 9.53 Å². The fourth-order valence-electron chi connectivity index (χ4n) is 1.77. The third kappa shape index (κ3) is 4.66. The lowest BCUT2D eigenvalue weighted by Gasteiger charge is -2.35. The van der Waals surface area contributed by atoms with Gasteiger partial charge in [0.2, 0.25) is 0 Å². The van der Waals surface area contributed by atoms with Crippen LogP contribution >= 0.6 is 0 Å². The number of nitrogens with zero attached hydrogens (tertiary/aromatic N) is 2. The van der Waals surface area contributed by atoms with Crippen molar-refractivity contribution in [2.24, 2.45) is 0 Å². The van der Waals surface area contributed by atoms with Crippen LogP contribution in [-0.4, -0.2) is 55.6 Å². The Morgan fingerprint density at radius 2 is 1.94 bits per heavy atom. The van der Waals surface area contributed by atoms with E-state index < -0.39 is 0 Å². The molecular weight excluding hydrogens is 204 g/mol. The number of carbonyl (C=O) groups excluding carboxylic acids is 1. The van der Waals surface area contributed by atoms with Gasteiger partial charge in [0, 0.05) is 38.8 Å². The number of piperazine rings is 1. The Labute approximate surface area is 97.9 Å². The summed E-state index contributed by atoms with van der Waals surface area (Å²) in [6, 6.07) is 0. The molecule has 1 heterocycles. The molecule has 0 amide bonds.